The molecule has 4 heteroatoms. The minimum absolute atomic E-state index is 0.426. The second kappa shape index (κ2) is 4.65. The molecular weight excluding hydrogens is 166 g/mol. The van der Waals surface area contributed by atoms with Crippen molar-refractivity contribution >= 4 is 0 Å². The monoisotopic (exact) mass is 179 g/mol. The Morgan fingerprint density at radius 2 is 2.54 bits per heavy atom. The van der Waals surface area contributed by atoms with Gasteiger partial charge in [-0.15, -0.1) is 6.42 Å². The van der Waals surface area contributed by atoms with Gasteiger partial charge in [-0.2, -0.15) is 5.10 Å². The first kappa shape index (κ1) is 9.78. The number of terminal acetylenes is 1. The van der Waals surface area contributed by atoms with Crippen LogP contribution in [-0.2, 0) is 6.54 Å². The van der Waals surface area contributed by atoms with Crippen LogP contribution in [0.2, 0.25) is 0 Å². The minimum atomic E-state index is -0.531. The van der Waals surface area contributed by atoms with Crippen molar-refractivity contribution in [1.29, 1.82) is 0 Å². The third-order valence-electron chi connectivity index (χ3n) is 1.73. The first-order valence-electron chi connectivity index (χ1n) is 4.12. The van der Waals surface area contributed by atoms with Crippen molar-refractivity contribution in [2.45, 2.75) is 19.1 Å². The summed E-state index contributed by atoms with van der Waals surface area (Å²) in [7, 11) is 0. The lowest BCUT2D eigenvalue weighted by atomic mass is 10.1. The molecule has 4 nitrogen and oxygen atoms in total. The molecular formula is C9H13N3O. The van der Waals surface area contributed by atoms with E-state index in [2.05, 4.69) is 11.0 Å². The Balaban J connectivity index is 2.63. The molecule has 0 spiro atoms. The van der Waals surface area contributed by atoms with Crippen LogP contribution in [0, 0.1) is 12.3 Å². The van der Waals surface area contributed by atoms with E-state index in [9.17, 15) is 5.11 Å². The summed E-state index contributed by atoms with van der Waals surface area (Å²) in [6.07, 6.45) is 8.47. The molecule has 0 saturated carbocycles. The van der Waals surface area contributed by atoms with Crippen molar-refractivity contribution in [1.82, 2.24) is 9.78 Å². The van der Waals surface area contributed by atoms with Crippen molar-refractivity contribution in [3.05, 3.63) is 18.0 Å². The number of aliphatic hydroxyl groups excluding tert-OH is 1. The van der Waals surface area contributed by atoms with E-state index in [1.807, 2.05) is 0 Å². The van der Waals surface area contributed by atoms with Gasteiger partial charge in [0.05, 0.1) is 12.3 Å². The number of aromatic nitrogens is 2. The highest BCUT2D eigenvalue weighted by Gasteiger charge is 2.08. The van der Waals surface area contributed by atoms with Crippen LogP contribution >= 0.6 is 0 Å². The fourth-order valence-corrected chi connectivity index (χ4v) is 1.06. The molecule has 1 rings (SSSR count). The molecule has 0 aromatic carbocycles. The predicted octanol–water partition coefficient (Wildman–Crippen LogP) is -0.102. The molecule has 0 fully saturated rings. The molecule has 0 bridgehead atoms. The molecule has 0 radical (unpaired) electrons. The normalized spacial score (nSPS) is 12.4. The van der Waals surface area contributed by atoms with Crippen molar-refractivity contribution in [2.75, 3.05) is 6.54 Å². The Bertz CT molecular complexity index is 300. The number of hydrogen-bond acceptors (Lipinski definition) is 3. The Morgan fingerprint density at radius 3 is 3.15 bits per heavy atom. The number of nitrogens with zero attached hydrogens (tertiary/aromatic N) is 2. The van der Waals surface area contributed by atoms with Crippen molar-refractivity contribution in [3.63, 3.8) is 0 Å². The summed E-state index contributed by atoms with van der Waals surface area (Å²) < 4.78 is 1.61. The highest BCUT2D eigenvalue weighted by Crippen LogP contribution is 2.14. The molecule has 0 aliphatic heterocycles. The molecule has 0 amide bonds. The largest absolute Gasteiger partial charge is 0.388 e. The molecule has 1 heterocycles. The highest BCUT2D eigenvalue weighted by molar-refractivity contribution is 5.08. The molecule has 13 heavy (non-hydrogen) atoms. The predicted molar refractivity (Wildman–Crippen MR) is 49.7 cm³/mol. The molecule has 70 valence electrons. The summed E-state index contributed by atoms with van der Waals surface area (Å²) in [5.74, 6) is 2.46. The summed E-state index contributed by atoms with van der Waals surface area (Å²) in [6.45, 7) is 0.886. The maximum absolute atomic E-state index is 9.52. The summed E-state index contributed by atoms with van der Waals surface area (Å²) in [4.78, 5) is 0. The van der Waals surface area contributed by atoms with Gasteiger partial charge in [0, 0.05) is 11.8 Å². The fourth-order valence-electron chi connectivity index (χ4n) is 1.06. The maximum Gasteiger partial charge on any atom is 0.101 e. The van der Waals surface area contributed by atoms with Gasteiger partial charge in [-0.1, -0.05) is 5.92 Å². The topological polar surface area (TPSA) is 64.1 Å². The molecule has 3 N–H and O–H groups in total. The van der Waals surface area contributed by atoms with Gasteiger partial charge in [0.2, 0.25) is 0 Å². The first-order chi connectivity index (χ1) is 6.27. The van der Waals surface area contributed by atoms with Gasteiger partial charge in [-0.05, 0) is 13.0 Å². The van der Waals surface area contributed by atoms with E-state index in [4.69, 9.17) is 12.2 Å². The van der Waals surface area contributed by atoms with E-state index in [-0.39, 0.29) is 0 Å². The van der Waals surface area contributed by atoms with Gasteiger partial charge in [0.1, 0.15) is 6.54 Å². The second-order valence-electron chi connectivity index (χ2n) is 2.77. The first-order valence-corrected chi connectivity index (χ1v) is 4.12. The van der Waals surface area contributed by atoms with E-state index < -0.39 is 6.10 Å². The summed E-state index contributed by atoms with van der Waals surface area (Å²) in [5, 5.41) is 13.5. The van der Waals surface area contributed by atoms with Gasteiger partial charge >= 0.3 is 0 Å². The second-order valence-corrected chi connectivity index (χ2v) is 2.77. The molecule has 1 atom stereocenters. The van der Waals surface area contributed by atoms with Crippen LogP contribution in [0.15, 0.2) is 12.4 Å². The average Bonchev–Trinajstić information content (AvgIpc) is 2.54. The number of hydrogen-bond donors (Lipinski definition) is 2. The van der Waals surface area contributed by atoms with E-state index in [1.165, 1.54) is 0 Å². The van der Waals surface area contributed by atoms with Crippen LogP contribution in [0.25, 0.3) is 0 Å². The Labute approximate surface area is 77.4 Å². The van der Waals surface area contributed by atoms with Crippen molar-refractivity contribution in [2.24, 2.45) is 5.73 Å². The minimum Gasteiger partial charge on any atom is -0.388 e. The summed E-state index contributed by atoms with van der Waals surface area (Å²) >= 11 is 0. The van der Waals surface area contributed by atoms with Gasteiger partial charge in [-0.25, -0.2) is 0 Å². The maximum atomic E-state index is 9.52. The van der Waals surface area contributed by atoms with E-state index in [0.29, 0.717) is 19.5 Å². The van der Waals surface area contributed by atoms with Crippen molar-refractivity contribution < 1.29 is 5.11 Å². The van der Waals surface area contributed by atoms with Gasteiger partial charge in [-0.3, -0.25) is 4.68 Å². The smallest absolute Gasteiger partial charge is 0.101 e. The Kier molecular flexibility index (Phi) is 3.50. The van der Waals surface area contributed by atoms with Gasteiger partial charge < -0.3 is 10.8 Å². The van der Waals surface area contributed by atoms with E-state index in [1.54, 1.807) is 17.1 Å². The zero-order valence-electron chi connectivity index (χ0n) is 7.35. The summed E-state index contributed by atoms with van der Waals surface area (Å²) in [6, 6.07) is 0. The van der Waals surface area contributed by atoms with E-state index >= 15 is 0 Å². The lowest BCUT2D eigenvalue weighted by molar-refractivity contribution is 0.170. The quantitative estimate of drug-likeness (QED) is 0.634. The lowest BCUT2D eigenvalue weighted by Crippen LogP contribution is -2.06. The van der Waals surface area contributed by atoms with Crippen LogP contribution in [0.1, 0.15) is 18.1 Å². The summed E-state index contributed by atoms with van der Waals surface area (Å²) in [5.41, 5.74) is 6.08. The van der Waals surface area contributed by atoms with Crippen LogP contribution < -0.4 is 5.73 Å². The average molecular weight is 179 g/mol. The molecule has 1 aromatic heterocycles. The highest BCUT2D eigenvalue weighted by atomic mass is 16.3. The van der Waals surface area contributed by atoms with Gasteiger partial charge in [0.15, 0.2) is 0 Å². The van der Waals surface area contributed by atoms with E-state index in [0.717, 1.165) is 5.56 Å². The van der Waals surface area contributed by atoms with Crippen LogP contribution in [0.4, 0.5) is 0 Å². The Morgan fingerprint density at radius 1 is 1.77 bits per heavy atom. The van der Waals surface area contributed by atoms with Crippen LogP contribution in [0.5, 0.6) is 0 Å². The standard InChI is InChI=1S/C9H13N3O/c1-2-5-12-7-8(6-11-12)9(13)3-4-10/h1,6-7,9,13H,3-5,10H2. The third-order valence-corrected chi connectivity index (χ3v) is 1.73. The zero-order valence-corrected chi connectivity index (χ0v) is 7.35. The zero-order chi connectivity index (χ0) is 9.68. The van der Waals surface area contributed by atoms with Crippen LogP contribution in [0.3, 0.4) is 0 Å². The third kappa shape index (κ3) is 2.58. The SMILES string of the molecule is C#CCn1cc(C(O)CCN)cn1. The molecule has 1 unspecified atom stereocenters. The van der Waals surface area contributed by atoms with Gasteiger partial charge in [0.25, 0.3) is 0 Å². The fraction of sp³-hybridized carbons (Fsp3) is 0.444. The van der Waals surface area contributed by atoms with Crippen molar-refractivity contribution in [3.8, 4) is 12.3 Å². The molecule has 0 aliphatic carbocycles. The molecule has 0 aliphatic rings. The van der Waals surface area contributed by atoms with Crippen LogP contribution in [-0.4, -0.2) is 21.4 Å². The molecule has 0 saturated heterocycles. The molecule has 1 aromatic rings. The number of rotatable bonds is 4. The number of nitrogens with two attached hydrogens (primary N) is 1. The lowest BCUT2D eigenvalue weighted by Gasteiger charge is -2.04. The Hall–Kier alpha value is -1.31. The number of aliphatic hydroxyl groups is 1.